The summed E-state index contributed by atoms with van der Waals surface area (Å²) in [5.41, 5.74) is 3.72. The molecule has 2 aliphatic heterocycles. The minimum absolute atomic E-state index is 0.0515. The Morgan fingerprint density at radius 1 is 1.14 bits per heavy atom. The van der Waals surface area contributed by atoms with Crippen LogP contribution in [0.4, 0.5) is 5.69 Å². The Bertz CT molecular complexity index is 1510. The molecule has 1 amide bonds. The lowest BCUT2D eigenvalue weighted by molar-refractivity contribution is 0.0109. The lowest BCUT2D eigenvalue weighted by Gasteiger charge is -2.46. The van der Waals surface area contributed by atoms with E-state index in [1.165, 1.54) is 11.1 Å². The predicted molar refractivity (Wildman–Crippen MR) is 175 cm³/mol. The van der Waals surface area contributed by atoms with Gasteiger partial charge >= 0.3 is 0 Å². The van der Waals surface area contributed by atoms with Crippen molar-refractivity contribution in [3.05, 3.63) is 70.3 Å². The van der Waals surface area contributed by atoms with Gasteiger partial charge in [-0.1, -0.05) is 48.9 Å². The second kappa shape index (κ2) is 13.1. The van der Waals surface area contributed by atoms with Crippen molar-refractivity contribution in [2.24, 2.45) is 22.1 Å². The molecule has 0 N–H and O–H groups in total. The van der Waals surface area contributed by atoms with Crippen LogP contribution in [0.2, 0.25) is 5.02 Å². The minimum atomic E-state index is -1.73. The van der Waals surface area contributed by atoms with E-state index in [-0.39, 0.29) is 28.8 Å². The zero-order valence-corrected chi connectivity index (χ0v) is 27.7. The highest BCUT2D eigenvalue weighted by Gasteiger charge is 2.44. The third kappa shape index (κ3) is 6.07. The summed E-state index contributed by atoms with van der Waals surface area (Å²) in [5.74, 6) is 0.939. The summed E-state index contributed by atoms with van der Waals surface area (Å²) in [7, 11) is 0.0521. The average Bonchev–Trinajstić information content (AvgIpc) is 3.16. The van der Waals surface area contributed by atoms with E-state index < -0.39 is 16.5 Å². The summed E-state index contributed by atoms with van der Waals surface area (Å²) in [4.78, 5) is 15.9. The lowest BCUT2D eigenvalue weighted by Crippen LogP contribution is -2.49. The van der Waals surface area contributed by atoms with E-state index in [1.807, 2.05) is 39.0 Å². The molecule has 44 heavy (non-hydrogen) atoms. The number of carbonyl (C=O) groups is 1. The SMILES string of the molecule is CCO[C@H]1/C=C/[C@H](OC)[C@@H]2CC[C@H]2CN2C[C@@]3(CCCc4cc(Cl)ccc43)COc3ccc(cc32)C(=O)N=[S-](=O)[C@H](C)[C@H]1C. The van der Waals surface area contributed by atoms with Crippen molar-refractivity contribution in [1.29, 1.82) is 0 Å². The minimum Gasteiger partial charge on any atom is -0.490 e. The average molecular weight is 640 g/mol. The highest BCUT2D eigenvalue weighted by atomic mass is 35.5. The van der Waals surface area contributed by atoms with Gasteiger partial charge in [-0.15, -0.1) is 0 Å². The molecule has 9 heteroatoms. The topological polar surface area (TPSA) is 77.4 Å². The monoisotopic (exact) mass is 639 g/mol. The first-order chi connectivity index (χ1) is 21.2. The molecule has 7 atom stereocenters. The van der Waals surface area contributed by atoms with E-state index in [9.17, 15) is 9.00 Å². The third-order valence-electron chi connectivity index (χ3n) is 10.5. The number of anilines is 1. The molecular weight excluding hydrogens is 596 g/mol. The number of methoxy groups -OCH3 is 1. The Hall–Kier alpha value is -2.39. The maximum Gasteiger partial charge on any atom is 0.254 e. The first-order valence-corrected chi connectivity index (χ1v) is 17.6. The van der Waals surface area contributed by atoms with Crippen LogP contribution in [0.5, 0.6) is 5.75 Å². The molecule has 0 aromatic heterocycles. The zero-order chi connectivity index (χ0) is 31.0. The fourth-order valence-corrected chi connectivity index (χ4v) is 8.79. The molecule has 2 heterocycles. The Labute approximate surface area is 268 Å². The van der Waals surface area contributed by atoms with Crippen LogP contribution >= 0.6 is 11.6 Å². The number of rotatable bonds is 3. The standard InChI is InChI=1S/C35H44ClN2O5S/c1-5-42-31-14-15-32(41-4)28-11-8-26(28)19-38-20-35(16-6-7-24-17-27(36)10-12-29(24)35)21-43-33-13-9-25(18-30(33)38)34(39)37-44(40)23(3)22(31)2/h9-10,12-15,17-18,22-23,26,28,31-32H,5-8,11,16,19-21H2,1-4H3/q-1/b15-14+/t22-,23-,26+,28-,31+,32+,35+/m1/s1. The number of hydrogen-bond acceptors (Lipinski definition) is 7. The highest BCUT2D eigenvalue weighted by molar-refractivity contribution is 7.75. The number of carbonyl (C=O) groups excluding carboxylic acids is 1. The van der Waals surface area contributed by atoms with Gasteiger partial charge in [0.1, 0.15) is 5.75 Å². The molecule has 2 aliphatic carbocycles. The molecule has 2 bridgehead atoms. The third-order valence-corrected chi connectivity index (χ3v) is 12.2. The number of fused-ring (bicyclic) bond motifs is 4. The van der Waals surface area contributed by atoms with Crippen molar-refractivity contribution in [2.75, 3.05) is 38.3 Å². The maximum atomic E-state index is 13.5. The van der Waals surface area contributed by atoms with E-state index >= 15 is 0 Å². The van der Waals surface area contributed by atoms with Gasteiger partial charge in [0, 0.05) is 42.8 Å². The molecule has 1 fully saturated rings. The molecule has 0 radical (unpaired) electrons. The van der Waals surface area contributed by atoms with Crippen LogP contribution in [-0.4, -0.2) is 56.8 Å². The zero-order valence-electron chi connectivity index (χ0n) is 26.2. The van der Waals surface area contributed by atoms with Crippen molar-refractivity contribution in [1.82, 2.24) is 0 Å². The molecule has 1 saturated carbocycles. The first kappa shape index (κ1) is 31.6. The van der Waals surface area contributed by atoms with Crippen LogP contribution in [0, 0.1) is 17.8 Å². The molecule has 238 valence electrons. The van der Waals surface area contributed by atoms with E-state index in [1.54, 1.807) is 13.2 Å². The molecule has 4 aliphatic rings. The van der Waals surface area contributed by atoms with Crippen LogP contribution in [0.1, 0.15) is 67.9 Å². The summed E-state index contributed by atoms with van der Waals surface area (Å²) < 4.78 is 36.3. The van der Waals surface area contributed by atoms with Gasteiger partial charge in [-0.05, 0) is 98.2 Å². The number of amides is 1. The van der Waals surface area contributed by atoms with Crippen molar-refractivity contribution in [3.8, 4) is 5.75 Å². The van der Waals surface area contributed by atoms with E-state index in [2.05, 4.69) is 33.5 Å². The molecule has 7 nitrogen and oxygen atoms in total. The van der Waals surface area contributed by atoms with E-state index in [0.717, 1.165) is 61.7 Å². The Morgan fingerprint density at radius 2 is 1.95 bits per heavy atom. The summed E-state index contributed by atoms with van der Waals surface area (Å²) in [6.45, 7) is 8.52. The molecule has 0 unspecified atom stereocenters. The number of ether oxygens (including phenoxy) is 3. The van der Waals surface area contributed by atoms with Gasteiger partial charge in [-0.3, -0.25) is 4.79 Å². The quantitative estimate of drug-likeness (QED) is 0.262. The van der Waals surface area contributed by atoms with Gasteiger partial charge < -0.3 is 27.7 Å². The fraction of sp³-hybridized carbons (Fsp3) is 0.571. The van der Waals surface area contributed by atoms with E-state index in [0.29, 0.717) is 30.6 Å². The summed E-state index contributed by atoms with van der Waals surface area (Å²) in [6, 6.07) is 11.8. The fourth-order valence-electron chi connectivity index (χ4n) is 7.64. The number of hydrogen-bond donors (Lipinski definition) is 0. The van der Waals surface area contributed by atoms with Crippen molar-refractivity contribution in [2.45, 2.75) is 75.7 Å². The van der Waals surface area contributed by atoms with Crippen LogP contribution in [0.15, 0.2) is 52.9 Å². The molecule has 1 spiro atoms. The largest absolute Gasteiger partial charge is 0.490 e. The second-order valence-electron chi connectivity index (χ2n) is 13.0. The van der Waals surface area contributed by atoms with Crippen molar-refractivity contribution in [3.63, 3.8) is 0 Å². The number of benzene rings is 2. The Morgan fingerprint density at radius 3 is 2.70 bits per heavy atom. The van der Waals surface area contributed by atoms with Crippen molar-refractivity contribution >= 4 is 33.8 Å². The first-order valence-electron chi connectivity index (χ1n) is 16.0. The van der Waals surface area contributed by atoms with Crippen LogP contribution in [0.3, 0.4) is 0 Å². The number of nitrogens with zero attached hydrogens (tertiary/aromatic N) is 2. The maximum absolute atomic E-state index is 13.5. The van der Waals surface area contributed by atoms with Gasteiger partial charge in [0.25, 0.3) is 5.91 Å². The number of halogens is 1. The van der Waals surface area contributed by atoms with E-state index in [4.69, 9.17) is 25.8 Å². The van der Waals surface area contributed by atoms with Gasteiger partial charge in [0.15, 0.2) is 0 Å². The van der Waals surface area contributed by atoms with Gasteiger partial charge in [0.2, 0.25) is 0 Å². The van der Waals surface area contributed by atoms with Gasteiger partial charge in [-0.2, -0.15) is 10.6 Å². The molecule has 0 saturated heterocycles. The molecule has 6 rings (SSSR count). The van der Waals surface area contributed by atoms with Gasteiger partial charge in [-0.25, -0.2) is 0 Å². The van der Waals surface area contributed by atoms with Crippen molar-refractivity contribution < 1.29 is 23.2 Å². The van der Waals surface area contributed by atoms with Gasteiger partial charge in [0.05, 0.1) is 24.5 Å². The van der Waals surface area contributed by atoms with Crippen LogP contribution < -0.4 is 9.64 Å². The normalized spacial score (nSPS) is 33.3. The summed E-state index contributed by atoms with van der Waals surface area (Å²) in [5, 5.41) is 0.380. The molecular formula is C35H44ClN2O5S-. The second-order valence-corrected chi connectivity index (χ2v) is 14.9. The summed E-state index contributed by atoms with van der Waals surface area (Å²) in [6.07, 6.45) is 9.17. The summed E-state index contributed by atoms with van der Waals surface area (Å²) >= 11 is 6.43. The smallest absolute Gasteiger partial charge is 0.254 e. The molecule has 2 aromatic carbocycles. The van der Waals surface area contributed by atoms with Crippen LogP contribution in [0.25, 0.3) is 0 Å². The Balaban J connectivity index is 1.44. The molecule has 2 aromatic rings. The highest BCUT2D eigenvalue weighted by Crippen LogP contribution is 2.47. The van der Waals surface area contributed by atoms with Crippen LogP contribution in [-0.2, 0) is 36.1 Å². The predicted octanol–water partition coefficient (Wildman–Crippen LogP) is 7.14. The lowest BCUT2D eigenvalue weighted by atomic mass is 9.68. The Kier molecular flexibility index (Phi) is 9.44. The number of aryl methyl sites for hydroxylation is 1.